The summed E-state index contributed by atoms with van der Waals surface area (Å²) in [5.41, 5.74) is 0. The van der Waals surface area contributed by atoms with Crippen LogP contribution in [0.2, 0.25) is 0 Å². The number of esters is 1. The first-order chi connectivity index (χ1) is 27.9. The van der Waals surface area contributed by atoms with Gasteiger partial charge in [0.1, 0.15) is 12.6 Å². The number of allylic oxidation sites excluding steroid dienone is 11. The average Bonchev–Trinajstić information content (AvgIpc) is 3.17. The van der Waals surface area contributed by atoms with E-state index in [1.807, 2.05) is 57.6 Å². The molecule has 0 fully saturated rings. The van der Waals surface area contributed by atoms with E-state index in [2.05, 4.69) is 26.0 Å². The minimum atomic E-state index is -4.96. The molecule has 0 aliphatic heterocycles. The van der Waals surface area contributed by atoms with Crippen molar-refractivity contribution in [2.75, 3.05) is 40.9 Å². The quantitative estimate of drug-likeness (QED) is 0.0162. The Morgan fingerprint density at radius 3 is 1.48 bits per heavy atom. The Morgan fingerprint density at radius 1 is 0.621 bits per heavy atom. The SMILES string of the molecule is CCCCCCCCCC=CC=CC=CC=CC=CC=CC(=O)O[C@H](CO)COP(=O)([O-])OC(C[N+](C)(C)C)C(=O)CCCCCCCCCCCCCCCCC. The number of Topliss-reactive ketones (excluding diaryl/α,β-unsaturated/α-hetero) is 1. The predicted octanol–water partition coefficient (Wildman–Crippen LogP) is 11.8. The van der Waals surface area contributed by atoms with Crippen LogP contribution in [0.3, 0.4) is 0 Å². The Morgan fingerprint density at radius 2 is 1.03 bits per heavy atom. The normalized spacial score (nSPS) is 14.9. The Hall–Kier alpha value is -2.39. The number of carbonyl (C=O) groups excluding carboxylic acids is 2. The number of hydrogen-bond acceptors (Lipinski definition) is 8. The highest BCUT2D eigenvalue weighted by molar-refractivity contribution is 7.45. The van der Waals surface area contributed by atoms with E-state index in [1.54, 1.807) is 12.2 Å². The molecule has 0 aliphatic rings. The molecule has 0 saturated carbocycles. The molecule has 0 aliphatic carbocycles. The third-order valence-corrected chi connectivity index (χ3v) is 10.6. The van der Waals surface area contributed by atoms with Crippen molar-refractivity contribution in [2.45, 2.75) is 180 Å². The van der Waals surface area contributed by atoms with Crippen LogP contribution >= 0.6 is 7.82 Å². The lowest BCUT2D eigenvalue weighted by Gasteiger charge is -2.32. The summed E-state index contributed by atoms with van der Waals surface area (Å²) in [6, 6.07) is 0. The van der Waals surface area contributed by atoms with Gasteiger partial charge in [0.25, 0.3) is 7.82 Å². The molecule has 0 rings (SSSR count). The van der Waals surface area contributed by atoms with Gasteiger partial charge in [-0.15, -0.1) is 0 Å². The number of ketones is 1. The van der Waals surface area contributed by atoms with Crippen molar-refractivity contribution in [1.29, 1.82) is 0 Å². The van der Waals surface area contributed by atoms with Gasteiger partial charge >= 0.3 is 5.97 Å². The average molecular weight is 834 g/mol. The zero-order valence-electron chi connectivity index (χ0n) is 37.4. The number of aliphatic hydroxyl groups excluding tert-OH is 1. The molecule has 58 heavy (non-hydrogen) atoms. The summed E-state index contributed by atoms with van der Waals surface area (Å²) in [6.07, 6.45) is 48.2. The van der Waals surface area contributed by atoms with Gasteiger partial charge in [-0.3, -0.25) is 9.36 Å². The summed E-state index contributed by atoms with van der Waals surface area (Å²) < 4.78 is 28.5. The van der Waals surface area contributed by atoms with Gasteiger partial charge in [0.15, 0.2) is 11.9 Å². The summed E-state index contributed by atoms with van der Waals surface area (Å²) >= 11 is 0. The van der Waals surface area contributed by atoms with Gasteiger partial charge in [0, 0.05) is 12.5 Å². The van der Waals surface area contributed by atoms with Gasteiger partial charge in [-0.05, 0) is 19.3 Å². The minimum Gasteiger partial charge on any atom is -0.756 e. The lowest BCUT2D eigenvalue weighted by atomic mass is 10.0. The molecular formula is C48H84NO8P. The number of likely N-dealkylation sites (N-methyl/N-ethyl adjacent to an activating group) is 1. The number of nitrogens with zero attached hydrogens (tertiary/aromatic N) is 1. The van der Waals surface area contributed by atoms with Crippen LogP contribution in [-0.4, -0.2) is 74.5 Å². The lowest BCUT2D eigenvalue weighted by molar-refractivity contribution is -0.872. The fraction of sp³-hybridized carbons (Fsp3) is 0.708. The maximum Gasteiger partial charge on any atom is 0.331 e. The number of aliphatic hydroxyl groups is 1. The molecule has 0 radical (unpaired) electrons. The lowest BCUT2D eigenvalue weighted by Crippen LogP contribution is -2.45. The van der Waals surface area contributed by atoms with Crippen molar-refractivity contribution in [3.63, 3.8) is 0 Å². The van der Waals surface area contributed by atoms with Crippen molar-refractivity contribution in [2.24, 2.45) is 0 Å². The molecule has 0 saturated heterocycles. The second kappa shape index (κ2) is 38.8. The van der Waals surface area contributed by atoms with E-state index in [0.717, 1.165) is 31.8 Å². The first kappa shape index (κ1) is 55.6. The van der Waals surface area contributed by atoms with Gasteiger partial charge in [0.05, 0.1) is 34.4 Å². The van der Waals surface area contributed by atoms with E-state index in [4.69, 9.17) is 13.8 Å². The summed E-state index contributed by atoms with van der Waals surface area (Å²) in [5.74, 6) is -1.06. The Labute approximate surface area is 355 Å². The zero-order chi connectivity index (χ0) is 43.0. The standard InChI is InChI=1S/C48H84NO8P/c1-6-8-10-12-14-16-18-20-22-23-24-25-27-29-31-33-35-37-39-41-48(52)56-45(43-50)44-55-58(53,54)57-47(42-49(3,4)5)46(51)40-38-36-34-32-30-28-26-21-19-17-15-13-11-9-7-2/h22-25,27,29,31,33,35,37,39,41,45,47,50H,6-21,26,28,30,32,34,36,38,40,42-44H2,1-5H3/t45-,47?/m1/s1. The monoisotopic (exact) mass is 834 g/mol. The molecule has 0 bridgehead atoms. The summed E-state index contributed by atoms with van der Waals surface area (Å²) in [5, 5.41) is 9.68. The number of quaternary nitrogens is 1. The van der Waals surface area contributed by atoms with Crippen molar-refractivity contribution < 1.29 is 42.4 Å². The minimum absolute atomic E-state index is 0.142. The smallest absolute Gasteiger partial charge is 0.331 e. The molecule has 0 heterocycles. The Kier molecular flexibility index (Phi) is 37.2. The second-order valence-electron chi connectivity index (χ2n) is 16.5. The fourth-order valence-corrected chi connectivity index (χ4v) is 7.16. The van der Waals surface area contributed by atoms with Crippen LogP contribution < -0.4 is 4.89 Å². The maximum absolute atomic E-state index is 13.1. The molecule has 10 heteroatoms. The number of rotatable bonds is 40. The van der Waals surface area contributed by atoms with Gasteiger partial charge in [-0.25, -0.2) is 4.79 Å². The molecule has 0 aromatic carbocycles. The summed E-state index contributed by atoms with van der Waals surface area (Å²) in [4.78, 5) is 38.1. The van der Waals surface area contributed by atoms with Crippen molar-refractivity contribution in [3.05, 3.63) is 72.9 Å². The van der Waals surface area contributed by atoms with Gasteiger partial charge in [-0.1, -0.05) is 209 Å². The molecular weight excluding hydrogens is 750 g/mol. The molecule has 0 aromatic heterocycles. The number of ether oxygens (including phenoxy) is 1. The summed E-state index contributed by atoms with van der Waals surface area (Å²) in [7, 11) is 0.582. The largest absolute Gasteiger partial charge is 0.756 e. The molecule has 334 valence electrons. The Balaban J connectivity index is 4.47. The van der Waals surface area contributed by atoms with Gasteiger partial charge in [0.2, 0.25) is 0 Å². The van der Waals surface area contributed by atoms with Crippen molar-refractivity contribution in [3.8, 4) is 0 Å². The molecule has 3 atom stereocenters. The number of phosphoric acid groups is 1. The van der Waals surface area contributed by atoms with Crippen molar-refractivity contribution >= 4 is 19.6 Å². The first-order valence-corrected chi connectivity index (χ1v) is 24.2. The molecule has 0 aromatic rings. The fourth-order valence-electron chi connectivity index (χ4n) is 6.25. The van der Waals surface area contributed by atoms with Crippen LogP contribution in [0.25, 0.3) is 0 Å². The highest BCUT2D eigenvalue weighted by Gasteiger charge is 2.30. The third-order valence-electron chi connectivity index (χ3n) is 9.60. The molecule has 0 spiro atoms. The number of phosphoric ester groups is 1. The number of hydrogen-bond donors (Lipinski definition) is 1. The van der Waals surface area contributed by atoms with E-state index < -0.39 is 39.2 Å². The van der Waals surface area contributed by atoms with Crippen LogP contribution in [0.5, 0.6) is 0 Å². The highest BCUT2D eigenvalue weighted by Crippen LogP contribution is 2.41. The number of unbranched alkanes of at least 4 members (excludes halogenated alkanes) is 21. The molecule has 2 unspecified atom stereocenters. The zero-order valence-corrected chi connectivity index (χ0v) is 38.3. The maximum atomic E-state index is 13.1. The van der Waals surface area contributed by atoms with Gasteiger partial charge < -0.3 is 28.3 Å². The first-order valence-electron chi connectivity index (χ1n) is 22.7. The third kappa shape index (κ3) is 39.1. The van der Waals surface area contributed by atoms with E-state index in [1.165, 1.54) is 122 Å². The van der Waals surface area contributed by atoms with E-state index in [0.29, 0.717) is 10.9 Å². The Bertz CT molecular complexity index is 1230. The van der Waals surface area contributed by atoms with E-state index >= 15 is 0 Å². The highest BCUT2D eigenvalue weighted by atomic mass is 31.2. The van der Waals surface area contributed by atoms with Crippen LogP contribution in [0.4, 0.5) is 0 Å². The topological polar surface area (TPSA) is 122 Å². The summed E-state index contributed by atoms with van der Waals surface area (Å²) in [6.45, 7) is 3.33. The van der Waals surface area contributed by atoms with Crippen molar-refractivity contribution in [1.82, 2.24) is 0 Å². The number of carbonyl (C=O) groups is 2. The molecule has 9 nitrogen and oxygen atoms in total. The van der Waals surface area contributed by atoms with E-state index in [-0.39, 0.29) is 18.7 Å². The van der Waals surface area contributed by atoms with Crippen LogP contribution in [0.1, 0.15) is 168 Å². The van der Waals surface area contributed by atoms with Gasteiger partial charge in [-0.2, -0.15) is 0 Å². The van der Waals surface area contributed by atoms with Crippen LogP contribution in [0.15, 0.2) is 72.9 Å². The molecule has 0 amide bonds. The molecule has 1 N–H and O–H groups in total. The second-order valence-corrected chi connectivity index (χ2v) is 17.8. The van der Waals surface area contributed by atoms with E-state index in [9.17, 15) is 24.2 Å². The van der Waals surface area contributed by atoms with Crippen LogP contribution in [0, 0.1) is 0 Å². The predicted molar refractivity (Wildman–Crippen MR) is 240 cm³/mol. The van der Waals surface area contributed by atoms with Crippen LogP contribution in [-0.2, 0) is 27.9 Å².